The molecular formula is C21H26N2O5S2. The van der Waals surface area contributed by atoms with E-state index in [1.54, 1.807) is 42.0 Å². The average Bonchev–Trinajstić information content (AvgIpc) is 3.06. The molecular weight excluding hydrogens is 424 g/mol. The number of hydrogen-bond acceptors (Lipinski definition) is 6. The van der Waals surface area contributed by atoms with E-state index in [2.05, 4.69) is 4.72 Å². The lowest BCUT2D eigenvalue weighted by atomic mass is 10.1. The first-order chi connectivity index (χ1) is 14.3. The van der Waals surface area contributed by atoms with Gasteiger partial charge in [-0.2, -0.15) is 0 Å². The summed E-state index contributed by atoms with van der Waals surface area (Å²) in [5.74, 6) is 1.12. The molecule has 0 aliphatic rings. The maximum Gasteiger partial charge on any atom is 0.308 e. The summed E-state index contributed by atoms with van der Waals surface area (Å²) in [4.78, 5) is 12.3. The summed E-state index contributed by atoms with van der Waals surface area (Å²) in [5, 5.41) is 0. The zero-order chi connectivity index (χ0) is 21.9. The van der Waals surface area contributed by atoms with Gasteiger partial charge in [0.1, 0.15) is 0 Å². The highest BCUT2D eigenvalue weighted by atomic mass is 32.2. The smallest absolute Gasteiger partial charge is 0.308 e. The fraction of sp³-hybridized carbons (Fsp3) is 0.381. The minimum absolute atomic E-state index is 0.0777. The Labute approximate surface area is 180 Å². The highest BCUT2D eigenvalue weighted by molar-refractivity contribution is 7.89. The van der Waals surface area contributed by atoms with Crippen molar-refractivity contribution in [3.63, 3.8) is 0 Å². The number of ether oxygens (including phenoxy) is 2. The van der Waals surface area contributed by atoms with Crippen LogP contribution in [0.5, 0.6) is 11.5 Å². The minimum Gasteiger partial charge on any atom is -0.493 e. The second-order valence-electron chi connectivity index (χ2n) is 6.85. The Morgan fingerprint density at radius 1 is 1.07 bits per heavy atom. The molecule has 2 aromatic carbocycles. The van der Waals surface area contributed by atoms with Crippen LogP contribution in [-0.4, -0.2) is 27.2 Å². The second-order valence-corrected chi connectivity index (χ2v) is 9.55. The van der Waals surface area contributed by atoms with Gasteiger partial charge in [-0.1, -0.05) is 31.3 Å². The van der Waals surface area contributed by atoms with Gasteiger partial charge in [-0.15, -0.1) is 0 Å². The molecule has 0 aliphatic heterocycles. The molecule has 0 spiro atoms. The van der Waals surface area contributed by atoms with Gasteiger partial charge in [-0.25, -0.2) is 13.1 Å². The van der Waals surface area contributed by atoms with Crippen LogP contribution in [0.15, 0.2) is 46.1 Å². The number of aromatic nitrogens is 1. The first-order valence-corrected chi connectivity index (χ1v) is 12.0. The number of hydrogen-bond donors (Lipinski definition) is 1. The third-order valence-corrected chi connectivity index (χ3v) is 7.32. The Hall–Kier alpha value is -2.36. The molecule has 0 saturated carbocycles. The monoisotopic (exact) mass is 450 g/mol. The highest BCUT2D eigenvalue weighted by Gasteiger charge is 2.22. The molecule has 1 heterocycles. The molecule has 162 valence electrons. The van der Waals surface area contributed by atoms with E-state index in [-0.39, 0.29) is 9.77 Å². The number of nitrogens with one attached hydrogen (secondary N) is 1. The van der Waals surface area contributed by atoms with Gasteiger partial charge in [0.25, 0.3) is 0 Å². The SMILES string of the molecule is CCCn1c(=O)sc2cc(S(=O)(=O)N[C@@H](CC)c3ccc(OC)c(OC)c3)ccc21. The summed E-state index contributed by atoms with van der Waals surface area (Å²) in [7, 11) is -0.698. The first-order valence-electron chi connectivity index (χ1n) is 9.72. The van der Waals surface area contributed by atoms with Crippen LogP contribution in [0.2, 0.25) is 0 Å². The van der Waals surface area contributed by atoms with Crippen molar-refractivity contribution in [1.29, 1.82) is 0 Å². The van der Waals surface area contributed by atoms with E-state index in [0.29, 0.717) is 29.2 Å². The normalized spacial score (nSPS) is 12.8. The number of thiazole rings is 1. The lowest BCUT2D eigenvalue weighted by molar-refractivity contribution is 0.354. The number of fused-ring (bicyclic) bond motifs is 1. The van der Waals surface area contributed by atoms with Gasteiger partial charge < -0.3 is 9.47 Å². The van der Waals surface area contributed by atoms with Gasteiger partial charge >= 0.3 is 4.87 Å². The number of methoxy groups -OCH3 is 2. The summed E-state index contributed by atoms with van der Waals surface area (Å²) in [6.45, 7) is 4.52. The van der Waals surface area contributed by atoms with Crippen molar-refractivity contribution in [1.82, 2.24) is 9.29 Å². The fourth-order valence-corrected chi connectivity index (χ4v) is 5.73. The van der Waals surface area contributed by atoms with Crippen LogP contribution >= 0.6 is 11.3 Å². The van der Waals surface area contributed by atoms with Gasteiger partial charge in [0.2, 0.25) is 10.0 Å². The Bertz CT molecular complexity index is 1200. The standard InChI is InChI=1S/C21H26N2O5S2/c1-5-11-23-17-9-8-15(13-20(17)29-21(23)24)30(25,26)22-16(6-2)14-7-10-18(27-3)19(12-14)28-4/h7-10,12-13,16,22H,5-6,11H2,1-4H3/t16-/m0/s1. The van der Waals surface area contributed by atoms with Crippen molar-refractivity contribution < 1.29 is 17.9 Å². The molecule has 1 N–H and O–H groups in total. The largest absolute Gasteiger partial charge is 0.493 e. The van der Waals surface area contributed by atoms with Crippen molar-refractivity contribution in [2.45, 2.75) is 44.2 Å². The van der Waals surface area contributed by atoms with E-state index in [1.807, 2.05) is 19.9 Å². The molecule has 0 unspecified atom stereocenters. The number of rotatable bonds is 9. The quantitative estimate of drug-likeness (QED) is 0.534. The van der Waals surface area contributed by atoms with Crippen LogP contribution in [0.3, 0.4) is 0 Å². The summed E-state index contributed by atoms with van der Waals surface area (Å²) in [5.41, 5.74) is 1.54. The van der Waals surface area contributed by atoms with Gasteiger partial charge in [0.05, 0.1) is 29.3 Å². The van der Waals surface area contributed by atoms with Gasteiger partial charge in [-0.3, -0.25) is 9.36 Å². The molecule has 1 atom stereocenters. The van der Waals surface area contributed by atoms with E-state index in [0.717, 1.165) is 28.8 Å². The zero-order valence-electron chi connectivity index (χ0n) is 17.5. The molecule has 1 aromatic heterocycles. The Morgan fingerprint density at radius 2 is 1.80 bits per heavy atom. The molecule has 0 amide bonds. The topological polar surface area (TPSA) is 86.6 Å². The average molecular weight is 451 g/mol. The predicted molar refractivity (Wildman–Crippen MR) is 119 cm³/mol. The number of sulfonamides is 1. The second kappa shape index (κ2) is 9.20. The molecule has 9 heteroatoms. The lowest BCUT2D eigenvalue weighted by Crippen LogP contribution is -2.28. The van der Waals surface area contributed by atoms with Gasteiger partial charge in [-0.05, 0) is 48.7 Å². The highest BCUT2D eigenvalue weighted by Crippen LogP contribution is 2.32. The van der Waals surface area contributed by atoms with Crippen LogP contribution in [0.1, 0.15) is 38.3 Å². The summed E-state index contributed by atoms with van der Waals surface area (Å²) >= 11 is 1.06. The molecule has 0 fully saturated rings. The first kappa shape index (κ1) is 22.3. The van der Waals surface area contributed by atoms with Crippen LogP contribution in [0.25, 0.3) is 10.2 Å². The van der Waals surface area contributed by atoms with Crippen molar-refractivity contribution in [2.24, 2.45) is 0 Å². The minimum atomic E-state index is -3.79. The molecule has 7 nitrogen and oxygen atoms in total. The van der Waals surface area contributed by atoms with Crippen LogP contribution < -0.4 is 19.1 Å². The van der Waals surface area contributed by atoms with Gasteiger partial charge in [0.15, 0.2) is 11.5 Å². The third-order valence-electron chi connectivity index (χ3n) is 4.91. The van der Waals surface area contributed by atoms with E-state index in [4.69, 9.17) is 9.47 Å². The number of aryl methyl sites for hydroxylation is 1. The third kappa shape index (κ3) is 4.38. The molecule has 0 aliphatic carbocycles. The molecule has 3 aromatic rings. The number of nitrogens with zero attached hydrogens (tertiary/aromatic N) is 1. The van der Waals surface area contributed by atoms with Gasteiger partial charge in [0, 0.05) is 12.6 Å². The zero-order valence-corrected chi connectivity index (χ0v) is 19.1. The van der Waals surface area contributed by atoms with Crippen molar-refractivity contribution in [3.8, 4) is 11.5 Å². The van der Waals surface area contributed by atoms with Crippen molar-refractivity contribution in [2.75, 3.05) is 14.2 Å². The Balaban J connectivity index is 1.93. The summed E-state index contributed by atoms with van der Waals surface area (Å²) in [6, 6.07) is 9.73. The fourth-order valence-electron chi connectivity index (χ4n) is 3.36. The molecule has 3 rings (SSSR count). The van der Waals surface area contributed by atoms with Crippen LogP contribution in [0.4, 0.5) is 0 Å². The summed E-state index contributed by atoms with van der Waals surface area (Å²) in [6.07, 6.45) is 1.38. The van der Waals surface area contributed by atoms with E-state index < -0.39 is 16.1 Å². The van der Waals surface area contributed by atoms with Crippen molar-refractivity contribution >= 4 is 31.6 Å². The van der Waals surface area contributed by atoms with E-state index in [1.165, 1.54) is 7.11 Å². The molecule has 0 bridgehead atoms. The lowest BCUT2D eigenvalue weighted by Gasteiger charge is -2.19. The Kier molecular flexibility index (Phi) is 6.84. The number of benzene rings is 2. The Morgan fingerprint density at radius 3 is 2.43 bits per heavy atom. The molecule has 0 radical (unpaired) electrons. The molecule has 30 heavy (non-hydrogen) atoms. The predicted octanol–water partition coefficient (Wildman–Crippen LogP) is 3.92. The maximum absolute atomic E-state index is 13.1. The summed E-state index contributed by atoms with van der Waals surface area (Å²) < 4.78 is 41.8. The van der Waals surface area contributed by atoms with Crippen LogP contribution in [-0.2, 0) is 16.6 Å². The van der Waals surface area contributed by atoms with Crippen LogP contribution in [0, 0.1) is 0 Å². The van der Waals surface area contributed by atoms with E-state index >= 15 is 0 Å². The van der Waals surface area contributed by atoms with E-state index in [9.17, 15) is 13.2 Å². The maximum atomic E-state index is 13.1. The van der Waals surface area contributed by atoms with Crippen molar-refractivity contribution in [3.05, 3.63) is 51.6 Å². The molecule has 0 saturated heterocycles.